The molecule has 2 aliphatic rings. The van der Waals surface area contributed by atoms with Gasteiger partial charge in [0.15, 0.2) is 0 Å². The van der Waals surface area contributed by atoms with Crippen molar-refractivity contribution in [3.63, 3.8) is 0 Å². The van der Waals surface area contributed by atoms with Crippen molar-refractivity contribution in [2.45, 2.75) is 32.3 Å². The summed E-state index contributed by atoms with van der Waals surface area (Å²) in [6.45, 7) is 4.93. The van der Waals surface area contributed by atoms with Crippen LogP contribution in [0.15, 0.2) is 34.1 Å². The maximum absolute atomic E-state index is 13.3. The van der Waals surface area contributed by atoms with Crippen molar-refractivity contribution in [3.8, 4) is 0 Å². The van der Waals surface area contributed by atoms with E-state index < -0.39 is 0 Å². The van der Waals surface area contributed by atoms with E-state index in [1.807, 2.05) is 13.0 Å². The van der Waals surface area contributed by atoms with Crippen molar-refractivity contribution in [1.29, 1.82) is 0 Å². The number of carbonyl (C=O) groups is 1. The van der Waals surface area contributed by atoms with Gasteiger partial charge < -0.3 is 14.8 Å². The van der Waals surface area contributed by atoms with Gasteiger partial charge in [-0.3, -0.25) is 18.9 Å². The summed E-state index contributed by atoms with van der Waals surface area (Å²) in [5, 5.41) is 3.27. The zero-order chi connectivity index (χ0) is 22.5. The maximum atomic E-state index is 13.3. The molecule has 0 bridgehead atoms. The number of nitrogens with zero attached hydrogens (tertiary/aromatic N) is 3. The number of aromatic nitrogens is 2. The molecule has 0 unspecified atom stereocenters. The number of anilines is 1. The molecular weight excluding hydrogens is 448 g/mol. The first-order valence-corrected chi connectivity index (χ1v) is 12.0. The van der Waals surface area contributed by atoms with Crippen LogP contribution >= 0.6 is 24.0 Å². The van der Waals surface area contributed by atoms with Gasteiger partial charge in [-0.1, -0.05) is 30.0 Å². The summed E-state index contributed by atoms with van der Waals surface area (Å²) in [6, 6.07) is 5.39. The number of carbonyl (C=O) groups excluding carboxylic acids is 1. The fourth-order valence-corrected chi connectivity index (χ4v) is 4.97. The second-order valence-electron chi connectivity index (χ2n) is 7.51. The summed E-state index contributed by atoms with van der Waals surface area (Å²) in [5.41, 5.74) is 0.626. The van der Waals surface area contributed by atoms with Crippen molar-refractivity contribution in [2.24, 2.45) is 0 Å². The lowest BCUT2D eigenvalue weighted by Gasteiger charge is -2.15. The molecule has 8 nitrogen and oxygen atoms in total. The zero-order valence-corrected chi connectivity index (χ0v) is 19.5. The maximum Gasteiger partial charge on any atom is 0.267 e. The SMILES string of the molecule is CCOCCCN1C(=O)/C(=C\c2c(NC[C@@H]3CCCO3)nc3ccccn3c2=O)SC1=S. The van der Waals surface area contributed by atoms with Crippen LogP contribution in [0.4, 0.5) is 5.82 Å². The first-order chi connectivity index (χ1) is 15.6. The summed E-state index contributed by atoms with van der Waals surface area (Å²) < 4.78 is 13.0. The third kappa shape index (κ3) is 5.03. The van der Waals surface area contributed by atoms with Gasteiger partial charge >= 0.3 is 0 Å². The highest BCUT2D eigenvalue weighted by atomic mass is 32.2. The van der Waals surface area contributed by atoms with E-state index in [4.69, 9.17) is 21.7 Å². The minimum absolute atomic E-state index is 0.0856. The fraction of sp³-hybridized carbons (Fsp3) is 0.455. The number of pyridine rings is 1. The molecule has 2 fully saturated rings. The van der Waals surface area contributed by atoms with Crippen LogP contribution in [0, 0.1) is 0 Å². The number of hydrogen-bond acceptors (Lipinski definition) is 8. The summed E-state index contributed by atoms with van der Waals surface area (Å²) >= 11 is 6.62. The first kappa shape index (κ1) is 22.9. The van der Waals surface area contributed by atoms with Crippen LogP contribution in [0.2, 0.25) is 0 Å². The molecular formula is C22H26N4O4S2. The number of thioether (sulfide) groups is 1. The average Bonchev–Trinajstić information content (AvgIpc) is 3.41. The largest absolute Gasteiger partial charge is 0.382 e. The number of rotatable bonds is 9. The van der Waals surface area contributed by atoms with Gasteiger partial charge in [0.05, 0.1) is 16.6 Å². The van der Waals surface area contributed by atoms with Gasteiger partial charge in [0.1, 0.15) is 15.8 Å². The predicted octanol–water partition coefficient (Wildman–Crippen LogP) is 2.91. The van der Waals surface area contributed by atoms with Crippen molar-refractivity contribution in [2.75, 3.05) is 38.2 Å². The quantitative estimate of drug-likeness (QED) is 0.337. The van der Waals surface area contributed by atoms with E-state index in [0.717, 1.165) is 19.4 Å². The molecule has 4 rings (SSSR count). The van der Waals surface area contributed by atoms with E-state index in [1.54, 1.807) is 29.3 Å². The second-order valence-corrected chi connectivity index (χ2v) is 9.18. The Morgan fingerprint density at radius 1 is 1.41 bits per heavy atom. The Labute approximate surface area is 196 Å². The monoisotopic (exact) mass is 474 g/mol. The normalized spacial score (nSPS) is 20.1. The van der Waals surface area contributed by atoms with Crippen LogP contribution in [-0.2, 0) is 14.3 Å². The molecule has 0 saturated carbocycles. The summed E-state index contributed by atoms with van der Waals surface area (Å²) in [4.78, 5) is 32.9. The average molecular weight is 475 g/mol. The Bertz CT molecular complexity index is 1100. The van der Waals surface area contributed by atoms with Crippen LogP contribution in [0.3, 0.4) is 0 Å². The van der Waals surface area contributed by atoms with E-state index in [1.165, 1.54) is 16.2 Å². The molecule has 4 heterocycles. The highest BCUT2D eigenvalue weighted by Crippen LogP contribution is 2.33. The molecule has 10 heteroatoms. The van der Waals surface area contributed by atoms with E-state index >= 15 is 0 Å². The molecule has 32 heavy (non-hydrogen) atoms. The van der Waals surface area contributed by atoms with Crippen molar-refractivity contribution >= 4 is 51.7 Å². The van der Waals surface area contributed by atoms with Crippen molar-refractivity contribution in [3.05, 3.63) is 45.2 Å². The fourth-order valence-electron chi connectivity index (χ4n) is 3.68. The minimum atomic E-state index is -0.243. The number of hydrogen-bond donors (Lipinski definition) is 1. The number of amides is 1. The smallest absolute Gasteiger partial charge is 0.267 e. The molecule has 2 aromatic heterocycles. The Balaban J connectivity index is 1.63. The molecule has 1 atom stereocenters. The van der Waals surface area contributed by atoms with Crippen LogP contribution < -0.4 is 10.9 Å². The van der Waals surface area contributed by atoms with Gasteiger partial charge in [-0.2, -0.15) is 0 Å². The Morgan fingerprint density at radius 3 is 3.06 bits per heavy atom. The Hall–Kier alpha value is -2.27. The molecule has 2 aliphatic heterocycles. The summed E-state index contributed by atoms with van der Waals surface area (Å²) in [5.74, 6) is 0.248. The summed E-state index contributed by atoms with van der Waals surface area (Å²) in [7, 11) is 0. The third-order valence-corrected chi connectivity index (χ3v) is 6.69. The molecule has 0 spiro atoms. The van der Waals surface area contributed by atoms with Crippen molar-refractivity contribution in [1.82, 2.24) is 14.3 Å². The minimum Gasteiger partial charge on any atom is -0.382 e. The lowest BCUT2D eigenvalue weighted by Crippen LogP contribution is -2.30. The molecule has 2 aromatic rings. The van der Waals surface area contributed by atoms with Crippen LogP contribution in [0.5, 0.6) is 0 Å². The van der Waals surface area contributed by atoms with Crippen LogP contribution in [0.1, 0.15) is 31.7 Å². The molecule has 0 aromatic carbocycles. The van der Waals surface area contributed by atoms with Crippen LogP contribution in [0.25, 0.3) is 11.7 Å². The highest BCUT2D eigenvalue weighted by Gasteiger charge is 2.32. The van der Waals surface area contributed by atoms with E-state index in [0.29, 0.717) is 59.0 Å². The molecule has 2 saturated heterocycles. The number of nitrogens with one attached hydrogen (secondary N) is 1. The first-order valence-electron chi connectivity index (χ1n) is 10.8. The Kier molecular flexibility index (Phi) is 7.56. The zero-order valence-electron chi connectivity index (χ0n) is 17.9. The van der Waals surface area contributed by atoms with Gasteiger partial charge in [0.25, 0.3) is 11.5 Å². The lowest BCUT2D eigenvalue weighted by atomic mass is 10.2. The van der Waals surface area contributed by atoms with E-state index in [-0.39, 0.29) is 17.6 Å². The standard InChI is InChI=1S/C22H26N4O4S2/c1-2-29-11-6-10-26-21(28)17(32-22(26)31)13-16-19(23-14-15-7-5-12-30-15)24-18-8-3-4-9-25(18)20(16)27/h3-4,8-9,13,15,23H,2,5-7,10-12,14H2,1H3/b17-13+/t15-/m0/s1. The molecule has 1 amide bonds. The van der Waals surface area contributed by atoms with Gasteiger partial charge in [-0.05, 0) is 44.4 Å². The van der Waals surface area contributed by atoms with E-state index in [9.17, 15) is 9.59 Å². The summed E-state index contributed by atoms with van der Waals surface area (Å²) in [6.07, 6.45) is 6.05. The molecule has 0 radical (unpaired) electrons. The van der Waals surface area contributed by atoms with Gasteiger partial charge in [0.2, 0.25) is 0 Å². The number of ether oxygens (including phenoxy) is 2. The van der Waals surface area contributed by atoms with Crippen LogP contribution in [-0.4, -0.2) is 63.5 Å². The lowest BCUT2D eigenvalue weighted by molar-refractivity contribution is -0.122. The van der Waals surface area contributed by atoms with Gasteiger partial charge in [0, 0.05) is 39.1 Å². The predicted molar refractivity (Wildman–Crippen MR) is 130 cm³/mol. The molecule has 0 aliphatic carbocycles. The molecule has 170 valence electrons. The van der Waals surface area contributed by atoms with Crippen molar-refractivity contribution < 1.29 is 14.3 Å². The van der Waals surface area contributed by atoms with Gasteiger partial charge in [-0.15, -0.1) is 0 Å². The van der Waals surface area contributed by atoms with Gasteiger partial charge in [-0.25, -0.2) is 4.98 Å². The third-order valence-electron chi connectivity index (χ3n) is 5.31. The number of thiocarbonyl (C=S) groups is 1. The Morgan fingerprint density at radius 2 is 2.28 bits per heavy atom. The number of fused-ring (bicyclic) bond motifs is 1. The second kappa shape index (κ2) is 10.6. The molecule has 1 N–H and O–H groups in total. The van der Waals surface area contributed by atoms with E-state index in [2.05, 4.69) is 10.3 Å². The topological polar surface area (TPSA) is 85.2 Å². The highest BCUT2D eigenvalue weighted by molar-refractivity contribution is 8.26.